The van der Waals surface area contributed by atoms with Crippen LogP contribution in [0.2, 0.25) is 0 Å². The highest BCUT2D eigenvalue weighted by Gasteiger charge is 2.45. The lowest BCUT2D eigenvalue weighted by Crippen LogP contribution is -2.40. The second-order valence-electron chi connectivity index (χ2n) is 7.92. The van der Waals surface area contributed by atoms with Crippen LogP contribution in [0.1, 0.15) is 42.6 Å². The molecule has 4 nitrogen and oxygen atoms in total. The van der Waals surface area contributed by atoms with Gasteiger partial charge in [0, 0.05) is 25.0 Å². The summed E-state index contributed by atoms with van der Waals surface area (Å²) >= 11 is 0. The fraction of sp³-hybridized carbons (Fsp3) is 0.524. The van der Waals surface area contributed by atoms with Gasteiger partial charge in [0.25, 0.3) is 5.91 Å². The Hall–Kier alpha value is -1.94. The minimum absolute atomic E-state index is 0.0498. The Kier molecular flexibility index (Phi) is 4.46. The summed E-state index contributed by atoms with van der Waals surface area (Å²) in [5.41, 5.74) is 1.80. The van der Waals surface area contributed by atoms with E-state index in [0.717, 1.165) is 24.0 Å². The first-order chi connectivity index (χ1) is 12.2. The molecule has 1 saturated heterocycles. The van der Waals surface area contributed by atoms with Crippen LogP contribution in [0.4, 0.5) is 0 Å². The van der Waals surface area contributed by atoms with E-state index >= 15 is 0 Å². The van der Waals surface area contributed by atoms with E-state index in [9.17, 15) is 4.79 Å². The molecule has 1 atom stereocenters. The van der Waals surface area contributed by atoms with Crippen LogP contribution in [0.25, 0.3) is 10.9 Å². The quantitative estimate of drug-likeness (QED) is 0.933. The summed E-state index contributed by atoms with van der Waals surface area (Å²) in [6.45, 7) is 3.03. The molecule has 1 aromatic heterocycles. The number of likely N-dealkylation sites (tertiary alicyclic amines) is 1. The van der Waals surface area contributed by atoms with Gasteiger partial charge in [-0.25, -0.2) is 4.98 Å². The predicted octanol–water partition coefficient (Wildman–Crippen LogP) is 3.48. The van der Waals surface area contributed by atoms with Crippen molar-refractivity contribution in [2.75, 3.05) is 26.7 Å². The molecule has 2 aliphatic rings. The molecule has 2 heterocycles. The predicted molar refractivity (Wildman–Crippen MR) is 101 cm³/mol. The summed E-state index contributed by atoms with van der Waals surface area (Å²) in [6.07, 6.45) is 6.67. The molecule has 25 heavy (non-hydrogen) atoms. The average molecular weight is 337 g/mol. The normalized spacial score (nSPS) is 23.2. The third kappa shape index (κ3) is 3.28. The van der Waals surface area contributed by atoms with Gasteiger partial charge in [-0.2, -0.15) is 0 Å². The average Bonchev–Trinajstić information content (AvgIpc) is 2.94. The molecule has 1 saturated carbocycles. The molecule has 1 N–H and O–H groups in total. The Labute approximate surface area is 149 Å². The SMILES string of the molecule is CN1CC(CNC(=O)c2ccc3ccccc3n2)C2(CCCCC2)C1. The molecule has 0 bridgehead atoms. The van der Waals surface area contributed by atoms with Gasteiger partial charge in [0.05, 0.1) is 5.52 Å². The number of carbonyl (C=O) groups is 1. The number of carbonyl (C=O) groups excluding carboxylic acids is 1. The van der Waals surface area contributed by atoms with Crippen LogP contribution in [-0.2, 0) is 0 Å². The molecular formula is C21H27N3O. The van der Waals surface area contributed by atoms with Crippen LogP contribution in [0.15, 0.2) is 36.4 Å². The number of para-hydroxylation sites is 1. The molecule has 2 aromatic rings. The number of hydrogen-bond acceptors (Lipinski definition) is 3. The van der Waals surface area contributed by atoms with E-state index in [1.54, 1.807) is 0 Å². The van der Waals surface area contributed by atoms with Crippen LogP contribution < -0.4 is 5.32 Å². The van der Waals surface area contributed by atoms with Crippen LogP contribution in [0.3, 0.4) is 0 Å². The number of fused-ring (bicyclic) bond motifs is 1. The Morgan fingerprint density at radius 3 is 2.84 bits per heavy atom. The number of rotatable bonds is 3. The van der Waals surface area contributed by atoms with Crippen molar-refractivity contribution in [1.29, 1.82) is 0 Å². The van der Waals surface area contributed by atoms with Gasteiger partial charge in [-0.1, -0.05) is 43.5 Å². The van der Waals surface area contributed by atoms with E-state index in [1.807, 2.05) is 36.4 Å². The van der Waals surface area contributed by atoms with Gasteiger partial charge in [0.15, 0.2) is 0 Å². The summed E-state index contributed by atoms with van der Waals surface area (Å²) in [5.74, 6) is 0.508. The molecule has 4 heteroatoms. The zero-order valence-corrected chi connectivity index (χ0v) is 15.0. The first kappa shape index (κ1) is 16.5. The Morgan fingerprint density at radius 1 is 1.20 bits per heavy atom. The lowest BCUT2D eigenvalue weighted by atomic mass is 9.67. The fourth-order valence-electron chi connectivity index (χ4n) is 4.90. The van der Waals surface area contributed by atoms with Gasteiger partial charge >= 0.3 is 0 Å². The van der Waals surface area contributed by atoms with Crippen LogP contribution in [0.5, 0.6) is 0 Å². The molecule has 1 spiro atoms. The third-order valence-electron chi connectivity index (χ3n) is 6.17. The number of hydrogen-bond donors (Lipinski definition) is 1. The number of aromatic nitrogens is 1. The second kappa shape index (κ2) is 6.75. The summed E-state index contributed by atoms with van der Waals surface area (Å²) in [7, 11) is 2.21. The maximum atomic E-state index is 12.6. The molecule has 1 aliphatic heterocycles. The summed E-state index contributed by atoms with van der Waals surface area (Å²) in [4.78, 5) is 19.6. The van der Waals surface area contributed by atoms with E-state index in [-0.39, 0.29) is 5.91 Å². The zero-order valence-electron chi connectivity index (χ0n) is 15.0. The number of nitrogens with zero attached hydrogens (tertiary/aromatic N) is 2. The van der Waals surface area contributed by atoms with Gasteiger partial charge in [0.1, 0.15) is 5.69 Å². The van der Waals surface area contributed by atoms with Gasteiger partial charge in [-0.3, -0.25) is 4.79 Å². The van der Waals surface area contributed by atoms with Crippen LogP contribution >= 0.6 is 0 Å². The number of benzene rings is 1. The molecule has 1 aliphatic carbocycles. The largest absolute Gasteiger partial charge is 0.350 e. The van der Waals surface area contributed by atoms with Crippen molar-refractivity contribution in [2.24, 2.45) is 11.3 Å². The Bertz CT molecular complexity index is 767. The summed E-state index contributed by atoms with van der Waals surface area (Å²) < 4.78 is 0. The lowest BCUT2D eigenvalue weighted by molar-refractivity contribution is 0.0912. The van der Waals surface area contributed by atoms with E-state index < -0.39 is 0 Å². The van der Waals surface area contributed by atoms with E-state index in [2.05, 4.69) is 22.2 Å². The van der Waals surface area contributed by atoms with Crippen molar-refractivity contribution in [1.82, 2.24) is 15.2 Å². The molecule has 1 amide bonds. The van der Waals surface area contributed by atoms with Crippen LogP contribution in [-0.4, -0.2) is 42.5 Å². The maximum absolute atomic E-state index is 12.6. The maximum Gasteiger partial charge on any atom is 0.269 e. The van der Waals surface area contributed by atoms with Gasteiger partial charge in [-0.05, 0) is 43.4 Å². The number of amides is 1. The Balaban J connectivity index is 1.45. The molecular weight excluding hydrogens is 310 g/mol. The summed E-state index contributed by atoms with van der Waals surface area (Å²) in [5, 5.41) is 4.24. The lowest BCUT2D eigenvalue weighted by Gasteiger charge is -2.38. The molecule has 4 rings (SSSR count). The smallest absolute Gasteiger partial charge is 0.269 e. The van der Waals surface area contributed by atoms with E-state index in [0.29, 0.717) is 17.0 Å². The first-order valence-electron chi connectivity index (χ1n) is 9.49. The molecule has 1 unspecified atom stereocenters. The minimum atomic E-state index is -0.0498. The molecule has 1 aromatic carbocycles. The van der Waals surface area contributed by atoms with Crippen molar-refractivity contribution in [3.05, 3.63) is 42.1 Å². The highest BCUT2D eigenvalue weighted by atomic mass is 16.1. The highest BCUT2D eigenvalue weighted by Crippen LogP contribution is 2.46. The van der Waals surface area contributed by atoms with Crippen molar-refractivity contribution in [3.63, 3.8) is 0 Å². The highest BCUT2D eigenvalue weighted by molar-refractivity contribution is 5.94. The van der Waals surface area contributed by atoms with Crippen LogP contribution in [0, 0.1) is 11.3 Å². The zero-order chi connectivity index (χ0) is 17.3. The number of pyridine rings is 1. The minimum Gasteiger partial charge on any atom is -0.350 e. The fourth-order valence-corrected chi connectivity index (χ4v) is 4.90. The standard InChI is InChI=1S/C21H27N3O/c1-24-14-17(21(15-24)11-5-2-6-12-21)13-22-20(25)19-10-9-16-7-3-4-8-18(16)23-19/h3-4,7-10,17H,2,5-6,11-15H2,1H3,(H,22,25). The van der Waals surface area contributed by atoms with Crippen molar-refractivity contribution in [2.45, 2.75) is 32.1 Å². The molecule has 0 radical (unpaired) electrons. The van der Waals surface area contributed by atoms with Crippen molar-refractivity contribution >= 4 is 16.8 Å². The van der Waals surface area contributed by atoms with Gasteiger partial charge in [0.2, 0.25) is 0 Å². The van der Waals surface area contributed by atoms with E-state index in [1.165, 1.54) is 38.6 Å². The van der Waals surface area contributed by atoms with Crippen molar-refractivity contribution in [3.8, 4) is 0 Å². The Morgan fingerprint density at radius 2 is 2.00 bits per heavy atom. The topological polar surface area (TPSA) is 45.2 Å². The van der Waals surface area contributed by atoms with E-state index in [4.69, 9.17) is 0 Å². The summed E-state index contributed by atoms with van der Waals surface area (Å²) in [6, 6.07) is 11.7. The second-order valence-corrected chi connectivity index (χ2v) is 7.92. The molecule has 2 fully saturated rings. The monoisotopic (exact) mass is 337 g/mol. The van der Waals surface area contributed by atoms with Gasteiger partial charge in [-0.15, -0.1) is 0 Å². The third-order valence-corrected chi connectivity index (χ3v) is 6.17. The number of nitrogens with one attached hydrogen (secondary N) is 1. The molecule has 132 valence electrons. The van der Waals surface area contributed by atoms with Crippen molar-refractivity contribution < 1.29 is 4.79 Å². The first-order valence-corrected chi connectivity index (χ1v) is 9.49. The van der Waals surface area contributed by atoms with Gasteiger partial charge < -0.3 is 10.2 Å².